The molecule has 542 valence electrons. The zero-order valence-electron chi connectivity index (χ0n) is 58.9. The molecular formula is C80H83ClN12O12. The lowest BCUT2D eigenvalue weighted by Gasteiger charge is -2.27. The second-order valence-corrected chi connectivity index (χ2v) is 26.1. The monoisotopic (exact) mass is 1440 g/mol. The SMILES string of the molecule is CC(Cl)OC(=O)OC1CCCCC1.CCOC1Nc2cccc(C(=O)O)c2N1Cc1ccc(-c2ccccc2-c2nnnn2Cc2ccccc2)cc1.CCOc1nc2cccc(C(=O)OC(C)OC(=O)OC3CCCCC3)c2n1Cc1ccc(-c2ccccc2-c2nnnn2Cc2ccccc2)cc1. The molecule has 11 aromatic rings. The molecule has 3 atom stereocenters. The molecule has 0 radical (unpaired) electrons. The van der Waals surface area contributed by atoms with E-state index in [-0.39, 0.29) is 23.3 Å². The number of aromatic carboxylic acids is 1. The van der Waals surface area contributed by atoms with Crippen LogP contribution in [0.1, 0.15) is 135 Å². The van der Waals surface area contributed by atoms with E-state index in [9.17, 15) is 24.3 Å². The van der Waals surface area contributed by atoms with Crippen molar-refractivity contribution in [3.63, 3.8) is 0 Å². The summed E-state index contributed by atoms with van der Waals surface area (Å²) in [5.41, 5.74) is 12.5. The Hall–Kier alpha value is -11.5. The molecule has 105 heavy (non-hydrogen) atoms. The molecule has 25 heteroatoms. The van der Waals surface area contributed by atoms with Crippen molar-refractivity contribution in [1.29, 1.82) is 0 Å². The van der Waals surface area contributed by atoms with Crippen LogP contribution in [0, 0.1) is 0 Å². The topological polar surface area (TPSA) is 273 Å². The maximum atomic E-state index is 13.5. The smallest absolute Gasteiger partial charge is 0.478 e. The van der Waals surface area contributed by atoms with Crippen LogP contribution in [-0.4, -0.2) is 123 Å². The van der Waals surface area contributed by atoms with Crippen molar-refractivity contribution < 1.29 is 57.4 Å². The first-order chi connectivity index (χ1) is 51.3. The van der Waals surface area contributed by atoms with Crippen molar-refractivity contribution in [3.05, 3.63) is 228 Å². The van der Waals surface area contributed by atoms with Crippen LogP contribution >= 0.6 is 11.6 Å². The lowest BCUT2D eigenvalue weighted by molar-refractivity contribution is -0.0914. The van der Waals surface area contributed by atoms with Crippen LogP contribution in [0.25, 0.3) is 56.1 Å². The average Bonchev–Trinajstić information content (AvgIpc) is 1.65. The third kappa shape index (κ3) is 18.8. The average molecular weight is 1440 g/mol. The number of hydrogen-bond acceptors (Lipinski definition) is 20. The summed E-state index contributed by atoms with van der Waals surface area (Å²) in [5, 5.41) is 38.3. The fraction of sp³-hybridized carbons (Fsp3) is 0.312. The zero-order chi connectivity index (χ0) is 73.0. The summed E-state index contributed by atoms with van der Waals surface area (Å²) in [6, 6.07) is 63.6. The molecule has 3 aliphatic rings. The number of nitrogens with zero attached hydrogens (tertiary/aromatic N) is 11. The van der Waals surface area contributed by atoms with Gasteiger partial charge in [-0.15, -0.1) is 10.2 Å². The van der Waals surface area contributed by atoms with E-state index < -0.39 is 42.5 Å². The predicted octanol–water partition coefficient (Wildman–Crippen LogP) is 16.4. The Morgan fingerprint density at radius 3 is 1.52 bits per heavy atom. The van der Waals surface area contributed by atoms with Crippen molar-refractivity contribution in [2.45, 2.75) is 148 Å². The molecule has 0 saturated heterocycles. The lowest BCUT2D eigenvalue weighted by atomic mass is 9.98. The number of carbonyl (C=O) groups excluding carboxylic acids is 3. The third-order valence-electron chi connectivity index (χ3n) is 18.1. The number of para-hydroxylation sites is 2. The normalized spacial score (nSPS) is 14.8. The van der Waals surface area contributed by atoms with Crippen LogP contribution in [0.3, 0.4) is 0 Å². The largest absolute Gasteiger partial charge is 0.511 e. The first-order valence-electron chi connectivity index (χ1n) is 35.5. The van der Waals surface area contributed by atoms with E-state index in [0.717, 1.165) is 119 Å². The van der Waals surface area contributed by atoms with E-state index in [1.807, 2.05) is 137 Å². The number of carboxylic acids is 1. The second-order valence-electron chi connectivity index (χ2n) is 25.5. The quantitative estimate of drug-likeness (QED) is 0.0261. The summed E-state index contributed by atoms with van der Waals surface area (Å²) in [7, 11) is 0. The maximum Gasteiger partial charge on any atom is 0.511 e. The Morgan fingerprint density at radius 1 is 0.524 bits per heavy atom. The number of carbonyl (C=O) groups is 4. The van der Waals surface area contributed by atoms with Gasteiger partial charge in [0.05, 0.1) is 59.8 Å². The Kier molecular flexibility index (Phi) is 24.8. The number of anilines is 2. The molecule has 0 amide bonds. The number of hydrogen-bond donors (Lipinski definition) is 2. The summed E-state index contributed by atoms with van der Waals surface area (Å²) in [5.74, 6) is -0.254. The molecule has 24 nitrogen and oxygen atoms in total. The molecule has 1 aliphatic heterocycles. The van der Waals surface area contributed by atoms with Gasteiger partial charge in [-0.1, -0.05) is 194 Å². The van der Waals surface area contributed by atoms with Gasteiger partial charge in [0.15, 0.2) is 17.2 Å². The minimum Gasteiger partial charge on any atom is -0.478 e. The second kappa shape index (κ2) is 35.6. The van der Waals surface area contributed by atoms with Gasteiger partial charge in [0.2, 0.25) is 12.6 Å². The minimum absolute atomic E-state index is 0.0386. The van der Waals surface area contributed by atoms with Crippen molar-refractivity contribution in [2.24, 2.45) is 0 Å². The van der Waals surface area contributed by atoms with E-state index in [2.05, 4.69) is 107 Å². The van der Waals surface area contributed by atoms with Gasteiger partial charge >= 0.3 is 24.2 Å². The molecule has 2 fully saturated rings. The number of benzene rings is 8. The van der Waals surface area contributed by atoms with Gasteiger partial charge in [0.1, 0.15) is 12.2 Å². The Labute approximate surface area is 613 Å². The molecule has 8 aromatic carbocycles. The van der Waals surface area contributed by atoms with E-state index >= 15 is 0 Å². The fourth-order valence-electron chi connectivity index (χ4n) is 13.2. The number of imidazole rings is 1. The number of esters is 1. The van der Waals surface area contributed by atoms with Crippen LogP contribution < -0.4 is 15.0 Å². The summed E-state index contributed by atoms with van der Waals surface area (Å²) in [4.78, 5) is 55.5. The highest BCUT2D eigenvalue weighted by Gasteiger charge is 2.34. The van der Waals surface area contributed by atoms with Gasteiger partial charge in [-0.05, 0) is 162 Å². The van der Waals surface area contributed by atoms with E-state index in [4.69, 9.17) is 40.0 Å². The molecule has 14 rings (SSSR count). The standard InChI is InChI=1S/C40H40N6O6.C31H28N6O3.C9H15ClO3/c1-3-49-39-41-35-20-12-19-34(38(47)50-27(2)51-40(48)52-31-15-8-5-9-16-31)36(35)45(39)25-29-21-23-30(24-22-29)32-17-10-11-18-33(32)37-42-43-44-46(37)26-28-13-6-4-7-14-28;1-2-40-31-32-27-14-8-13-26(30(38)39)28(27)36(31)19-22-15-17-23(18-16-22)24-11-6-7-12-25(24)29-33-34-35-37(29)20-21-9-4-3-5-10-21;1-7(10)12-9(11)13-8-5-3-2-4-6-8/h4,6-7,10-14,17-24,27,31H,3,5,8-9,15-16,25-26H2,1-2H3;3-18,31-32H,2,19-20H2,1H3,(H,38,39);7-8H,2-6H2,1H3. The van der Waals surface area contributed by atoms with Gasteiger partial charge < -0.3 is 48.5 Å². The lowest BCUT2D eigenvalue weighted by Crippen LogP contribution is -2.38. The van der Waals surface area contributed by atoms with Gasteiger partial charge in [-0.2, -0.15) is 4.98 Å². The number of aromatic nitrogens is 10. The first-order valence-corrected chi connectivity index (χ1v) is 35.9. The highest BCUT2D eigenvalue weighted by atomic mass is 35.5. The summed E-state index contributed by atoms with van der Waals surface area (Å²) in [6.45, 7) is 9.72. The van der Waals surface area contributed by atoms with Gasteiger partial charge in [-0.25, -0.2) is 28.5 Å². The number of rotatable bonds is 23. The Morgan fingerprint density at radius 2 is 1.01 bits per heavy atom. The highest BCUT2D eigenvalue weighted by molar-refractivity contribution is 6.19. The number of ether oxygens (including phenoxy) is 7. The van der Waals surface area contributed by atoms with Gasteiger partial charge in [0.25, 0.3) is 6.01 Å². The number of nitrogens with one attached hydrogen (secondary N) is 1. The number of tetrazole rings is 2. The maximum absolute atomic E-state index is 13.5. The molecule has 4 heterocycles. The first kappa shape index (κ1) is 73.3. The van der Waals surface area contributed by atoms with Crippen LogP contribution in [0.4, 0.5) is 21.0 Å². The molecule has 3 unspecified atom stereocenters. The molecule has 0 bridgehead atoms. The van der Waals surface area contributed by atoms with Crippen molar-refractivity contribution in [1.82, 2.24) is 50.0 Å². The fourth-order valence-corrected chi connectivity index (χ4v) is 13.2. The molecule has 2 N–H and O–H groups in total. The van der Waals surface area contributed by atoms with Gasteiger partial charge in [-0.3, -0.25) is 4.57 Å². The molecule has 0 spiro atoms. The van der Waals surface area contributed by atoms with Crippen LogP contribution in [0.15, 0.2) is 194 Å². The zero-order valence-corrected chi connectivity index (χ0v) is 59.7. The van der Waals surface area contributed by atoms with Crippen LogP contribution in [-0.2, 0) is 54.6 Å². The van der Waals surface area contributed by atoms with E-state index in [0.29, 0.717) is 73.8 Å². The van der Waals surface area contributed by atoms with Gasteiger partial charge in [0, 0.05) is 31.2 Å². The molecule has 3 aromatic heterocycles. The van der Waals surface area contributed by atoms with Crippen molar-refractivity contribution in [2.75, 3.05) is 23.4 Å². The number of halogens is 1. The summed E-state index contributed by atoms with van der Waals surface area (Å²) < 4.78 is 43.3. The molecule has 2 saturated carbocycles. The minimum atomic E-state index is -1.15. The Bertz CT molecular complexity index is 4700. The molecular weight excluding hydrogens is 1360 g/mol. The summed E-state index contributed by atoms with van der Waals surface area (Å²) in [6.07, 6.45) is 6.96. The highest BCUT2D eigenvalue weighted by Crippen LogP contribution is 2.40. The number of alkyl halides is 1. The molecule has 2 aliphatic carbocycles. The van der Waals surface area contributed by atoms with Crippen LogP contribution in [0.2, 0.25) is 0 Å². The summed E-state index contributed by atoms with van der Waals surface area (Å²) >= 11 is 5.47. The van der Waals surface area contributed by atoms with Crippen molar-refractivity contribution in [3.8, 4) is 51.0 Å². The van der Waals surface area contributed by atoms with Crippen molar-refractivity contribution >= 4 is 58.3 Å². The van der Waals surface area contributed by atoms with Crippen LogP contribution in [0.5, 0.6) is 6.01 Å². The number of fused-ring (bicyclic) bond motifs is 2. The Balaban J connectivity index is 0.000000172. The third-order valence-corrected chi connectivity index (χ3v) is 18.2. The van der Waals surface area contributed by atoms with E-state index in [1.165, 1.54) is 13.3 Å². The predicted molar refractivity (Wildman–Crippen MR) is 396 cm³/mol. The number of carboxylic acid groups (broad SMARTS) is 1. The van der Waals surface area contributed by atoms with E-state index in [1.54, 1.807) is 35.9 Å².